The molecule has 0 atom stereocenters. The van der Waals surface area contributed by atoms with Gasteiger partial charge in [-0.2, -0.15) is 4.98 Å². The fourth-order valence-electron chi connectivity index (χ4n) is 4.21. The van der Waals surface area contributed by atoms with Crippen LogP contribution in [0.2, 0.25) is 0 Å². The van der Waals surface area contributed by atoms with E-state index in [4.69, 9.17) is 14.7 Å². The number of hydrogen-bond donors (Lipinski definition) is 1. The summed E-state index contributed by atoms with van der Waals surface area (Å²) in [6.07, 6.45) is 3.19. The highest BCUT2D eigenvalue weighted by molar-refractivity contribution is 5.80. The Balaban J connectivity index is 1.48. The molecule has 0 saturated carbocycles. The van der Waals surface area contributed by atoms with Gasteiger partial charge in [0, 0.05) is 32.3 Å². The van der Waals surface area contributed by atoms with Crippen LogP contribution >= 0.6 is 0 Å². The summed E-state index contributed by atoms with van der Waals surface area (Å²) >= 11 is 0. The molecule has 0 aliphatic carbocycles. The third-order valence-corrected chi connectivity index (χ3v) is 5.98. The SMILES string of the molecule is O=c1ncc2c(Cc3ccccc3)nc(NCCCN3CCOCC3)nc2n1-c1ccccc1. The van der Waals surface area contributed by atoms with Gasteiger partial charge in [-0.25, -0.2) is 19.3 Å². The minimum atomic E-state index is -0.360. The molecule has 1 aliphatic rings. The summed E-state index contributed by atoms with van der Waals surface area (Å²) in [5.74, 6) is 0.524. The van der Waals surface area contributed by atoms with Crippen molar-refractivity contribution in [3.05, 3.63) is 88.6 Å². The van der Waals surface area contributed by atoms with E-state index in [1.54, 1.807) is 10.8 Å². The van der Waals surface area contributed by atoms with Crippen LogP contribution in [-0.4, -0.2) is 63.8 Å². The first-order chi connectivity index (χ1) is 16.8. The molecule has 0 amide bonds. The summed E-state index contributed by atoms with van der Waals surface area (Å²) in [4.78, 5) is 28.9. The lowest BCUT2D eigenvalue weighted by Gasteiger charge is -2.26. The zero-order valence-electron chi connectivity index (χ0n) is 19.1. The Labute approximate surface area is 198 Å². The van der Waals surface area contributed by atoms with Gasteiger partial charge in [0.15, 0.2) is 5.65 Å². The number of hydrogen-bond acceptors (Lipinski definition) is 7. The Kier molecular flexibility index (Phi) is 6.88. The molecule has 0 unspecified atom stereocenters. The van der Waals surface area contributed by atoms with Gasteiger partial charge in [-0.1, -0.05) is 48.5 Å². The number of rotatable bonds is 8. The van der Waals surface area contributed by atoms with Gasteiger partial charge in [-0.15, -0.1) is 0 Å². The molecule has 1 fully saturated rings. The zero-order chi connectivity index (χ0) is 23.2. The van der Waals surface area contributed by atoms with E-state index >= 15 is 0 Å². The van der Waals surface area contributed by atoms with E-state index in [9.17, 15) is 4.79 Å². The molecule has 0 radical (unpaired) electrons. The minimum absolute atomic E-state index is 0.360. The van der Waals surface area contributed by atoms with Crippen LogP contribution in [0.3, 0.4) is 0 Å². The Morgan fingerprint density at radius 2 is 1.68 bits per heavy atom. The first-order valence-electron chi connectivity index (χ1n) is 11.7. The van der Waals surface area contributed by atoms with Crippen LogP contribution in [0.15, 0.2) is 71.7 Å². The van der Waals surface area contributed by atoms with E-state index in [1.807, 2.05) is 48.5 Å². The van der Waals surface area contributed by atoms with E-state index in [1.165, 1.54) is 0 Å². The second-order valence-corrected chi connectivity index (χ2v) is 8.34. The highest BCUT2D eigenvalue weighted by atomic mass is 16.5. The summed E-state index contributed by atoms with van der Waals surface area (Å²) in [6.45, 7) is 5.30. The summed E-state index contributed by atoms with van der Waals surface area (Å²) in [5.41, 5.74) is 2.90. The molecule has 2 aromatic heterocycles. The number of aromatic nitrogens is 4. The average molecular weight is 457 g/mol. The number of nitrogens with one attached hydrogen (secondary N) is 1. The molecule has 1 aliphatic heterocycles. The van der Waals surface area contributed by atoms with Crippen molar-refractivity contribution in [2.24, 2.45) is 0 Å². The Hall–Kier alpha value is -3.62. The number of nitrogens with zero attached hydrogens (tertiary/aromatic N) is 5. The molecule has 0 bridgehead atoms. The van der Waals surface area contributed by atoms with Gasteiger partial charge in [0.25, 0.3) is 0 Å². The largest absolute Gasteiger partial charge is 0.379 e. The van der Waals surface area contributed by atoms with E-state index in [0.29, 0.717) is 18.0 Å². The van der Waals surface area contributed by atoms with Crippen LogP contribution in [0.4, 0.5) is 5.95 Å². The maximum Gasteiger partial charge on any atom is 0.353 e. The molecule has 34 heavy (non-hydrogen) atoms. The molecule has 4 aromatic rings. The maximum absolute atomic E-state index is 12.8. The van der Waals surface area contributed by atoms with Crippen molar-refractivity contribution in [3.63, 3.8) is 0 Å². The highest BCUT2D eigenvalue weighted by Gasteiger charge is 2.15. The Morgan fingerprint density at radius 1 is 0.941 bits per heavy atom. The van der Waals surface area contributed by atoms with Crippen molar-refractivity contribution in [2.75, 3.05) is 44.7 Å². The fraction of sp³-hybridized carbons (Fsp3) is 0.308. The van der Waals surface area contributed by atoms with E-state index in [0.717, 1.165) is 68.1 Å². The zero-order valence-corrected chi connectivity index (χ0v) is 19.1. The van der Waals surface area contributed by atoms with Gasteiger partial charge in [0.2, 0.25) is 5.95 Å². The summed E-state index contributed by atoms with van der Waals surface area (Å²) < 4.78 is 6.99. The number of ether oxygens (including phenoxy) is 1. The summed E-state index contributed by atoms with van der Waals surface area (Å²) in [7, 11) is 0. The van der Waals surface area contributed by atoms with Crippen LogP contribution in [-0.2, 0) is 11.2 Å². The van der Waals surface area contributed by atoms with Gasteiger partial charge in [0.1, 0.15) is 0 Å². The molecule has 1 saturated heterocycles. The quantitative estimate of drug-likeness (QED) is 0.408. The maximum atomic E-state index is 12.8. The summed E-state index contributed by atoms with van der Waals surface area (Å²) in [6, 6.07) is 19.7. The number of morpholine rings is 1. The first kappa shape index (κ1) is 22.2. The normalized spacial score (nSPS) is 14.4. The minimum Gasteiger partial charge on any atom is -0.379 e. The van der Waals surface area contributed by atoms with Gasteiger partial charge < -0.3 is 10.1 Å². The number of benzene rings is 2. The van der Waals surface area contributed by atoms with Crippen molar-refractivity contribution < 1.29 is 4.74 Å². The molecular weight excluding hydrogens is 428 g/mol. The van der Waals surface area contributed by atoms with Crippen LogP contribution < -0.4 is 11.0 Å². The molecular formula is C26H28N6O2. The molecule has 1 N–H and O–H groups in total. The predicted octanol–water partition coefficient (Wildman–Crippen LogP) is 2.90. The van der Waals surface area contributed by atoms with Crippen LogP contribution in [0.25, 0.3) is 16.7 Å². The lowest BCUT2D eigenvalue weighted by molar-refractivity contribution is 0.0378. The van der Waals surface area contributed by atoms with E-state index in [2.05, 4.69) is 27.3 Å². The molecule has 174 valence electrons. The third kappa shape index (κ3) is 5.13. The monoisotopic (exact) mass is 456 g/mol. The third-order valence-electron chi connectivity index (χ3n) is 5.98. The molecule has 0 spiro atoms. The molecule has 8 heteroatoms. The topological polar surface area (TPSA) is 85.2 Å². The second-order valence-electron chi connectivity index (χ2n) is 8.34. The molecule has 8 nitrogen and oxygen atoms in total. The lowest BCUT2D eigenvalue weighted by Crippen LogP contribution is -2.37. The fourth-order valence-corrected chi connectivity index (χ4v) is 4.21. The van der Waals surface area contributed by atoms with E-state index in [-0.39, 0.29) is 5.69 Å². The van der Waals surface area contributed by atoms with Gasteiger partial charge in [-0.05, 0) is 30.7 Å². The number of fused-ring (bicyclic) bond motifs is 1. The summed E-state index contributed by atoms with van der Waals surface area (Å²) in [5, 5.41) is 4.15. The van der Waals surface area contributed by atoms with Gasteiger partial charge in [-0.3, -0.25) is 4.90 Å². The second kappa shape index (κ2) is 10.5. The number of anilines is 1. The molecule has 3 heterocycles. The van der Waals surface area contributed by atoms with Gasteiger partial charge in [0.05, 0.1) is 30.0 Å². The first-order valence-corrected chi connectivity index (χ1v) is 11.7. The highest BCUT2D eigenvalue weighted by Crippen LogP contribution is 2.21. The molecule has 2 aromatic carbocycles. The smallest absolute Gasteiger partial charge is 0.353 e. The standard InChI is InChI=1S/C26H28N6O2/c33-26-28-19-22-23(18-20-8-3-1-4-9-20)29-25(27-12-7-13-31-14-16-34-17-15-31)30-24(22)32(26)21-10-5-2-6-11-21/h1-6,8-11,19H,7,12-18H2,(H,27,29,30). The Morgan fingerprint density at radius 3 is 2.44 bits per heavy atom. The van der Waals surface area contributed by atoms with Crippen molar-refractivity contribution in [2.45, 2.75) is 12.8 Å². The van der Waals surface area contributed by atoms with Crippen molar-refractivity contribution in [3.8, 4) is 5.69 Å². The van der Waals surface area contributed by atoms with E-state index < -0.39 is 0 Å². The molecule has 5 rings (SSSR count). The van der Waals surface area contributed by atoms with Crippen LogP contribution in [0, 0.1) is 0 Å². The van der Waals surface area contributed by atoms with Crippen LogP contribution in [0.1, 0.15) is 17.7 Å². The predicted molar refractivity (Wildman–Crippen MR) is 133 cm³/mol. The van der Waals surface area contributed by atoms with Crippen molar-refractivity contribution in [1.29, 1.82) is 0 Å². The number of para-hydroxylation sites is 1. The Bertz CT molecular complexity index is 1290. The van der Waals surface area contributed by atoms with Gasteiger partial charge >= 0.3 is 5.69 Å². The van der Waals surface area contributed by atoms with Crippen molar-refractivity contribution in [1.82, 2.24) is 24.4 Å². The average Bonchev–Trinajstić information content (AvgIpc) is 2.88. The van der Waals surface area contributed by atoms with Crippen molar-refractivity contribution >= 4 is 17.0 Å². The van der Waals surface area contributed by atoms with Crippen LogP contribution in [0.5, 0.6) is 0 Å². The lowest BCUT2D eigenvalue weighted by atomic mass is 10.1.